The summed E-state index contributed by atoms with van der Waals surface area (Å²) in [7, 11) is 0. The number of hydrogen-bond acceptors (Lipinski definition) is 4. The van der Waals surface area contributed by atoms with Gasteiger partial charge in [-0.1, -0.05) is 48.5 Å². The Balaban J connectivity index is 1.37. The fourth-order valence-electron chi connectivity index (χ4n) is 4.31. The quantitative estimate of drug-likeness (QED) is 0.705. The molecule has 2 aromatic carbocycles. The number of benzene rings is 2. The first-order valence-electron chi connectivity index (χ1n) is 10.2. The molecule has 1 aromatic heterocycles. The number of carbonyl (C=O) groups is 1. The van der Waals surface area contributed by atoms with Crippen LogP contribution in [0, 0.1) is 0 Å². The average molecular weight is 401 g/mol. The monoisotopic (exact) mass is 401 g/mol. The Labute approximate surface area is 174 Å². The number of fused-ring (bicyclic) bond motifs is 3. The molecular weight excluding hydrogens is 378 g/mol. The van der Waals surface area contributed by atoms with Crippen molar-refractivity contribution in [1.82, 2.24) is 15.2 Å². The normalized spacial score (nSPS) is 16.1. The van der Waals surface area contributed by atoms with Crippen LogP contribution in [0.25, 0.3) is 11.1 Å². The zero-order valence-corrected chi connectivity index (χ0v) is 16.6. The Morgan fingerprint density at radius 1 is 0.967 bits per heavy atom. The van der Waals surface area contributed by atoms with Crippen LogP contribution in [0.4, 0.5) is 0 Å². The molecule has 1 saturated heterocycles. The highest BCUT2D eigenvalue weighted by Gasteiger charge is 2.29. The molecule has 0 atom stereocenters. The Bertz CT molecular complexity index is 1100. The van der Waals surface area contributed by atoms with Crippen molar-refractivity contribution < 1.29 is 9.53 Å². The van der Waals surface area contributed by atoms with E-state index in [-0.39, 0.29) is 23.1 Å². The van der Waals surface area contributed by atoms with Crippen molar-refractivity contribution >= 4 is 5.91 Å². The summed E-state index contributed by atoms with van der Waals surface area (Å²) >= 11 is 0. The van der Waals surface area contributed by atoms with Crippen molar-refractivity contribution in [2.24, 2.45) is 0 Å². The number of aromatic amines is 1. The third kappa shape index (κ3) is 3.44. The van der Waals surface area contributed by atoms with Crippen LogP contribution in [0.3, 0.4) is 0 Å². The summed E-state index contributed by atoms with van der Waals surface area (Å²) in [6.07, 6.45) is 0. The number of carbonyl (C=O) groups excluding carboxylic acids is 1. The highest BCUT2D eigenvalue weighted by atomic mass is 16.5. The van der Waals surface area contributed by atoms with Crippen molar-refractivity contribution in [1.29, 1.82) is 0 Å². The molecule has 0 bridgehead atoms. The van der Waals surface area contributed by atoms with Gasteiger partial charge < -0.3 is 15.0 Å². The number of nitrogens with zero attached hydrogens (tertiary/aromatic N) is 1. The molecule has 1 aliphatic heterocycles. The van der Waals surface area contributed by atoms with Crippen LogP contribution in [0.15, 0.2) is 65.5 Å². The number of hydrogen-bond donors (Lipinski definition) is 2. The molecule has 2 heterocycles. The smallest absolute Gasteiger partial charge is 0.261 e. The van der Waals surface area contributed by atoms with Gasteiger partial charge in [-0.3, -0.25) is 14.5 Å². The Morgan fingerprint density at radius 2 is 1.60 bits per heavy atom. The van der Waals surface area contributed by atoms with Crippen molar-refractivity contribution in [3.63, 3.8) is 0 Å². The van der Waals surface area contributed by atoms with Crippen LogP contribution in [0.1, 0.15) is 33.2 Å². The third-order valence-corrected chi connectivity index (χ3v) is 5.82. The van der Waals surface area contributed by atoms with E-state index >= 15 is 0 Å². The van der Waals surface area contributed by atoms with Gasteiger partial charge in [0.2, 0.25) is 0 Å². The average Bonchev–Trinajstić information content (AvgIpc) is 3.08. The SMILES string of the molecule is O=C(NC1c2ccccc2-c2ccccc21)c1ccc(CN2CCOCC2)[nH]c1=O. The second-order valence-electron chi connectivity index (χ2n) is 7.70. The van der Waals surface area contributed by atoms with Gasteiger partial charge in [-0.15, -0.1) is 0 Å². The van der Waals surface area contributed by atoms with Crippen LogP contribution < -0.4 is 10.9 Å². The fraction of sp³-hybridized carbons (Fsp3) is 0.250. The van der Waals surface area contributed by atoms with Crippen LogP contribution in [0.5, 0.6) is 0 Å². The van der Waals surface area contributed by atoms with Gasteiger partial charge in [0, 0.05) is 25.3 Å². The summed E-state index contributed by atoms with van der Waals surface area (Å²) in [5.41, 5.74) is 4.90. The van der Waals surface area contributed by atoms with Gasteiger partial charge in [0.1, 0.15) is 5.56 Å². The van der Waals surface area contributed by atoms with E-state index in [1.54, 1.807) is 6.07 Å². The highest BCUT2D eigenvalue weighted by Crippen LogP contribution is 2.43. The Hall–Kier alpha value is -3.22. The van der Waals surface area contributed by atoms with Gasteiger partial charge in [0.25, 0.3) is 11.5 Å². The molecule has 0 saturated carbocycles. The molecule has 1 amide bonds. The summed E-state index contributed by atoms with van der Waals surface area (Å²) in [5, 5.41) is 3.06. The Morgan fingerprint density at radius 3 is 2.23 bits per heavy atom. The van der Waals surface area contributed by atoms with E-state index in [1.165, 1.54) is 0 Å². The molecule has 0 radical (unpaired) electrons. The molecule has 2 N–H and O–H groups in total. The second kappa shape index (κ2) is 7.89. The van der Waals surface area contributed by atoms with E-state index in [1.807, 2.05) is 42.5 Å². The predicted molar refractivity (Wildman–Crippen MR) is 114 cm³/mol. The maximum atomic E-state index is 13.0. The first-order valence-corrected chi connectivity index (χ1v) is 10.2. The number of pyridine rings is 1. The van der Waals surface area contributed by atoms with Crippen LogP contribution in [0.2, 0.25) is 0 Å². The first kappa shape index (κ1) is 18.8. The lowest BCUT2D eigenvalue weighted by Gasteiger charge is -2.26. The third-order valence-electron chi connectivity index (χ3n) is 5.82. The lowest BCUT2D eigenvalue weighted by Crippen LogP contribution is -2.37. The maximum Gasteiger partial charge on any atom is 0.261 e. The summed E-state index contributed by atoms with van der Waals surface area (Å²) in [5.74, 6) is -0.370. The molecule has 0 spiro atoms. The number of nitrogens with one attached hydrogen (secondary N) is 2. The fourth-order valence-corrected chi connectivity index (χ4v) is 4.31. The topological polar surface area (TPSA) is 74.4 Å². The minimum atomic E-state index is -0.370. The van der Waals surface area contributed by atoms with Crippen molar-refractivity contribution in [2.45, 2.75) is 12.6 Å². The predicted octanol–water partition coefficient (Wildman–Crippen LogP) is 2.71. The molecule has 2 aliphatic rings. The molecule has 5 rings (SSSR count). The number of rotatable bonds is 4. The lowest BCUT2D eigenvalue weighted by molar-refractivity contribution is 0.0336. The number of amides is 1. The molecule has 6 heteroatoms. The number of H-pyrrole nitrogens is 1. The van der Waals surface area contributed by atoms with Crippen LogP contribution in [-0.2, 0) is 11.3 Å². The largest absolute Gasteiger partial charge is 0.379 e. The number of morpholine rings is 1. The van der Waals surface area contributed by atoms with Gasteiger partial charge in [0.15, 0.2) is 0 Å². The van der Waals surface area contributed by atoms with Crippen molar-refractivity contribution in [2.75, 3.05) is 26.3 Å². The molecule has 152 valence electrons. The maximum absolute atomic E-state index is 13.0. The molecule has 30 heavy (non-hydrogen) atoms. The van der Waals surface area contributed by atoms with E-state index in [0.717, 1.165) is 41.0 Å². The molecule has 6 nitrogen and oxygen atoms in total. The van der Waals surface area contributed by atoms with Crippen LogP contribution >= 0.6 is 0 Å². The molecular formula is C24H23N3O3. The summed E-state index contributed by atoms with van der Waals surface area (Å²) in [4.78, 5) is 30.7. The van der Waals surface area contributed by atoms with Gasteiger partial charge in [0.05, 0.1) is 19.3 Å². The Kier molecular flexibility index (Phi) is 4.94. The van der Waals surface area contributed by atoms with E-state index in [9.17, 15) is 9.59 Å². The molecule has 1 aliphatic carbocycles. The highest BCUT2D eigenvalue weighted by molar-refractivity contribution is 5.95. The van der Waals surface area contributed by atoms with Crippen LogP contribution in [-0.4, -0.2) is 42.1 Å². The first-order chi connectivity index (χ1) is 14.7. The second-order valence-corrected chi connectivity index (χ2v) is 7.70. The summed E-state index contributed by atoms with van der Waals surface area (Å²) in [6.45, 7) is 3.73. The zero-order valence-electron chi connectivity index (χ0n) is 16.6. The minimum Gasteiger partial charge on any atom is -0.379 e. The van der Waals surface area contributed by atoms with Gasteiger partial charge in [-0.25, -0.2) is 0 Å². The van der Waals surface area contributed by atoms with Crippen molar-refractivity contribution in [3.05, 3.63) is 93.4 Å². The van der Waals surface area contributed by atoms with E-state index < -0.39 is 0 Å². The summed E-state index contributed by atoms with van der Waals surface area (Å²) in [6, 6.07) is 19.3. The van der Waals surface area contributed by atoms with Gasteiger partial charge in [-0.05, 0) is 34.4 Å². The van der Waals surface area contributed by atoms with E-state index in [4.69, 9.17) is 4.74 Å². The molecule has 1 fully saturated rings. The number of ether oxygens (including phenoxy) is 1. The van der Waals surface area contributed by atoms with Gasteiger partial charge >= 0.3 is 0 Å². The van der Waals surface area contributed by atoms with Crippen molar-refractivity contribution in [3.8, 4) is 11.1 Å². The zero-order chi connectivity index (χ0) is 20.5. The number of aromatic nitrogens is 1. The van der Waals surface area contributed by atoms with E-state index in [0.29, 0.717) is 19.8 Å². The minimum absolute atomic E-state index is 0.127. The van der Waals surface area contributed by atoms with Gasteiger partial charge in [-0.2, -0.15) is 0 Å². The standard InChI is InChI=1S/C24H23N3O3/c28-23-21(10-9-16(25-23)15-27-11-13-30-14-12-27)24(29)26-22-19-7-3-1-5-17(19)18-6-2-4-8-20(18)22/h1-10,22H,11-15H2,(H,25,28)(H,26,29). The molecule has 0 unspecified atom stereocenters. The van der Waals surface area contributed by atoms with E-state index in [2.05, 4.69) is 27.3 Å². The molecule has 3 aromatic rings. The lowest BCUT2D eigenvalue weighted by atomic mass is 10.0. The summed E-state index contributed by atoms with van der Waals surface area (Å²) < 4.78 is 5.36.